The van der Waals surface area contributed by atoms with Crippen molar-refractivity contribution in [3.63, 3.8) is 0 Å². The number of halogens is 4. The number of benzene rings is 2. The van der Waals surface area contributed by atoms with Crippen molar-refractivity contribution in [2.24, 2.45) is 5.92 Å². The number of fused-ring (bicyclic) bond motifs is 1. The predicted octanol–water partition coefficient (Wildman–Crippen LogP) is 5.57. The second kappa shape index (κ2) is 9.87. The number of amides is 1. The van der Waals surface area contributed by atoms with E-state index in [1.807, 2.05) is 38.1 Å². The number of aromatic nitrogens is 3. The molecule has 0 atom stereocenters. The first-order valence-corrected chi connectivity index (χ1v) is 12.0. The number of carbonyl (C=O) groups is 1. The molecule has 0 fully saturated rings. The smallest absolute Gasteiger partial charge is 0.350 e. The largest absolute Gasteiger partial charge is 0.416 e. The van der Waals surface area contributed by atoms with Crippen LogP contribution in [-0.4, -0.2) is 20.3 Å². The van der Waals surface area contributed by atoms with Crippen molar-refractivity contribution >= 4 is 38.9 Å². The van der Waals surface area contributed by atoms with Gasteiger partial charge in [-0.3, -0.25) is 9.36 Å². The summed E-state index contributed by atoms with van der Waals surface area (Å²) in [4.78, 5) is 26.3. The Bertz CT molecular complexity index is 1440. The summed E-state index contributed by atoms with van der Waals surface area (Å²) in [6.07, 6.45) is -4.47. The second-order valence-corrected chi connectivity index (χ2v) is 9.91. The van der Waals surface area contributed by atoms with Gasteiger partial charge in [0.2, 0.25) is 5.91 Å². The van der Waals surface area contributed by atoms with E-state index >= 15 is 0 Å². The highest BCUT2D eigenvalue weighted by Gasteiger charge is 2.30. The van der Waals surface area contributed by atoms with Crippen LogP contribution in [0.2, 0.25) is 5.02 Å². The normalized spacial score (nSPS) is 12.0. The van der Waals surface area contributed by atoms with Gasteiger partial charge in [0.25, 0.3) is 0 Å². The summed E-state index contributed by atoms with van der Waals surface area (Å²) in [6, 6.07) is 12.3. The number of nitrogens with zero attached hydrogens (tertiary/aromatic N) is 3. The van der Waals surface area contributed by atoms with Gasteiger partial charge in [0.1, 0.15) is 6.54 Å². The van der Waals surface area contributed by atoms with E-state index in [0.29, 0.717) is 27.8 Å². The summed E-state index contributed by atoms with van der Waals surface area (Å²) in [5.74, 6) is -0.0414. The Balaban J connectivity index is 1.58. The van der Waals surface area contributed by atoms with Gasteiger partial charge in [0.05, 0.1) is 15.5 Å². The average molecular weight is 523 g/mol. The van der Waals surface area contributed by atoms with Crippen LogP contribution in [0.5, 0.6) is 0 Å². The summed E-state index contributed by atoms with van der Waals surface area (Å²) in [5, 5.41) is 8.31. The zero-order chi connectivity index (χ0) is 25.3. The third kappa shape index (κ3) is 5.43. The van der Waals surface area contributed by atoms with Crippen LogP contribution in [0.4, 0.5) is 13.2 Å². The number of thiophene rings is 1. The lowest BCUT2D eigenvalue weighted by Crippen LogP contribution is -2.34. The van der Waals surface area contributed by atoms with E-state index in [2.05, 4.69) is 10.4 Å². The molecule has 0 spiro atoms. The van der Waals surface area contributed by atoms with E-state index in [1.54, 1.807) is 0 Å². The molecule has 2 heterocycles. The van der Waals surface area contributed by atoms with Crippen LogP contribution in [0.3, 0.4) is 0 Å². The van der Waals surface area contributed by atoms with Crippen molar-refractivity contribution in [3.8, 4) is 10.7 Å². The number of rotatable bonds is 7. The number of hydrogen-bond donors (Lipinski definition) is 1. The molecule has 2 aromatic carbocycles. The number of alkyl halides is 3. The molecule has 4 rings (SSSR count). The lowest BCUT2D eigenvalue weighted by Gasteiger charge is -2.09. The van der Waals surface area contributed by atoms with E-state index in [4.69, 9.17) is 11.6 Å². The van der Waals surface area contributed by atoms with Crippen LogP contribution in [0.15, 0.2) is 53.3 Å². The minimum absolute atomic E-state index is 0.112. The van der Waals surface area contributed by atoms with Gasteiger partial charge in [-0.15, -0.1) is 16.4 Å². The standard InChI is InChI=1S/C24H22ClF3N4O2S/c1-14(2)12-31-22(21-20(25)17-8-3-4-9-18(17)35-21)30-32(23(31)34)13-19(33)29-11-15-6-5-7-16(10-15)24(26,27)28/h3-10,14H,11-13H2,1-2H3,(H,29,33). The van der Waals surface area contributed by atoms with Gasteiger partial charge >= 0.3 is 11.9 Å². The third-order valence-corrected chi connectivity index (χ3v) is 6.92. The summed E-state index contributed by atoms with van der Waals surface area (Å²) in [7, 11) is 0. The molecule has 0 saturated heterocycles. The molecule has 0 radical (unpaired) electrons. The first kappa shape index (κ1) is 25.0. The quantitative estimate of drug-likeness (QED) is 0.345. The lowest BCUT2D eigenvalue weighted by molar-refractivity contribution is -0.137. The van der Waals surface area contributed by atoms with Crippen molar-refractivity contribution in [2.45, 2.75) is 39.7 Å². The minimum atomic E-state index is -4.47. The van der Waals surface area contributed by atoms with Gasteiger partial charge in [-0.1, -0.05) is 55.8 Å². The van der Waals surface area contributed by atoms with E-state index in [0.717, 1.165) is 26.9 Å². The van der Waals surface area contributed by atoms with Crippen LogP contribution >= 0.6 is 22.9 Å². The molecule has 0 aliphatic rings. The van der Waals surface area contributed by atoms with Gasteiger partial charge in [-0.2, -0.15) is 13.2 Å². The molecule has 35 heavy (non-hydrogen) atoms. The molecule has 2 aromatic heterocycles. The van der Waals surface area contributed by atoms with E-state index in [9.17, 15) is 22.8 Å². The molecular weight excluding hydrogens is 501 g/mol. The Labute approximate surface area is 207 Å². The maximum atomic E-state index is 13.1. The molecule has 1 amide bonds. The predicted molar refractivity (Wildman–Crippen MR) is 130 cm³/mol. The summed E-state index contributed by atoms with van der Waals surface area (Å²) in [5.41, 5.74) is -0.960. The molecule has 6 nitrogen and oxygen atoms in total. The fraction of sp³-hybridized carbons (Fsp3) is 0.292. The van der Waals surface area contributed by atoms with Crippen LogP contribution in [0.1, 0.15) is 25.0 Å². The Hall–Kier alpha value is -3.11. The molecule has 184 valence electrons. The fourth-order valence-corrected chi connectivity index (χ4v) is 5.16. The van der Waals surface area contributed by atoms with Gasteiger partial charge in [-0.25, -0.2) is 9.48 Å². The van der Waals surface area contributed by atoms with Crippen LogP contribution in [0, 0.1) is 5.92 Å². The fourth-order valence-electron chi connectivity index (χ4n) is 3.65. The van der Waals surface area contributed by atoms with Gasteiger partial charge in [0.15, 0.2) is 5.82 Å². The van der Waals surface area contributed by atoms with E-state index < -0.39 is 23.3 Å². The molecule has 0 saturated carbocycles. The Morgan fingerprint density at radius 2 is 1.91 bits per heavy atom. The Morgan fingerprint density at radius 1 is 1.17 bits per heavy atom. The van der Waals surface area contributed by atoms with Gasteiger partial charge in [-0.05, 0) is 29.7 Å². The zero-order valence-electron chi connectivity index (χ0n) is 18.9. The maximum absolute atomic E-state index is 13.1. The molecule has 0 bridgehead atoms. The molecule has 1 N–H and O–H groups in total. The molecule has 0 aliphatic heterocycles. The molecule has 4 aromatic rings. The minimum Gasteiger partial charge on any atom is -0.350 e. The van der Waals surface area contributed by atoms with Gasteiger partial charge < -0.3 is 5.32 Å². The number of carbonyl (C=O) groups excluding carboxylic acids is 1. The zero-order valence-corrected chi connectivity index (χ0v) is 20.5. The van der Waals surface area contributed by atoms with Crippen molar-refractivity contribution in [1.29, 1.82) is 0 Å². The SMILES string of the molecule is CC(C)Cn1c(-c2sc3ccccc3c2Cl)nn(CC(=O)NCc2cccc(C(F)(F)F)c2)c1=O. The number of nitrogens with one attached hydrogen (secondary N) is 1. The molecule has 0 unspecified atom stereocenters. The second-order valence-electron chi connectivity index (χ2n) is 8.48. The molecular formula is C24H22ClF3N4O2S. The topological polar surface area (TPSA) is 68.9 Å². The van der Waals surface area contributed by atoms with Crippen LogP contribution in [0.25, 0.3) is 20.8 Å². The van der Waals surface area contributed by atoms with Crippen LogP contribution < -0.4 is 11.0 Å². The maximum Gasteiger partial charge on any atom is 0.416 e. The summed E-state index contributed by atoms with van der Waals surface area (Å²) >= 11 is 8.03. The van der Waals surface area contributed by atoms with Crippen molar-refractivity contribution in [2.75, 3.05) is 0 Å². The van der Waals surface area contributed by atoms with E-state index in [-0.39, 0.29) is 19.0 Å². The van der Waals surface area contributed by atoms with Crippen molar-refractivity contribution in [1.82, 2.24) is 19.7 Å². The van der Waals surface area contributed by atoms with Crippen LogP contribution in [-0.2, 0) is 30.6 Å². The van der Waals surface area contributed by atoms with Gasteiger partial charge in [0, 0.05) is 23.2 Å². The molecule has 11 heteroatoms. The highest BCUT2D eigenvalue weighted by molar-refractivity contribution is 7.23. The van der Waals surface area contributed by atoms with E-state index in [1.165, 1.54) is 28.0 Å². The van der Waals surface area contributed by atoms with Crippen molar-refractivity contribution in [3.05, 3.63) is 75.2 Å². The Morgan fingerprint density at radius 3 is 2.60 bits per heavy atom. The monoisotopic (exact) mass is 522 g/mol. The molecule has 0 aliphatic carbocycles. The highest BCUT2D eigenvalue weighted by Crippen LogP contribution is 2.41. The summed E-state index contributed by atoms with van der Waals surface area (Å²) in [6.45, 7) is 3.81. The first-order valence-electron chi connectivity index (χ1n) is 10.8. The van der Waals surface area contributed by atoms with Crippen molar-refractivity contribution < 1.29 is 18.0 Å². The third-order valence-electron chi connectivity index (χ3n) is 5.25. The average Bonchev–Trinajstić information content (AvgIpc) is 3.29. The summed E-state index contributed by atoms with van der Waals surface area (Å²) < 4.78 is 42.3. The Kier molecular flexibility index (Phi) is 7.05. The first-order chi connectivity index (χ1) is 16.5. The number of hydrogen-bond acceptors (Lipinski definition) is 4. The highest BCUT2D eigenvalue weighted by atomic mass is 35.5. The lowest BCUT2D eigenvalue weighted by atomic mass is 10.1.